The molecule has 0 bridgehead atoms. The summed E-state index contributed by atoms with van der Waals surface area (Å²) in [7, 11) is 0. The number of nitrogens with zero attached hydrogens (tertiary/aromatic N) is 3. The predicted molar refractivity (Wildman–Crippen MR) is 106 cm³/mol. The van der Waals surface area contributed by atoms with Crippen LogP contribution in [0.15, 0.2) is 67.0 Å². The molecule has 1 atom stereocenters. The lowest BCUT2D eigenvalue weighted by molar-refractivity contribution is 0.0934. The van der Waals surface area contributed by atoms with Crippen molar-refractivity contribution in [1.29, 1.82) is 0 Å². The van der Waals surface area contributed by atoms with Crippen molar-refractivity contribution >= 4 is 11.7 Å². The maximum Gasteiger partial charge on any atom is 0.270 e. The van der Waals surface area contributed by atoms with E-state index in [1.54, 1.807) is 6.07 Å². The first-order valence-corrected chi connectivity index (χ1v) is 9.20. The smallest absolute Gasteiger partial charge is 0.270 e. The lowest BCUT2D eigenvalue weighted by Crippen LogP contribution is -2.32. The van der Waals surface area contributed by atoms with Gasteiger partial charge in [-0.25, -0.2) is 9.97 Å². The van der Waals surface area contributed by atoms with Crippen molar-refractivity contribution in [3.05, 3.63) is 89.4 Å². The highest BCUT2D eigenvalue weighted by atomic mass is 16.1. The second kappa shape index (κ2) is 7.58. The highest BCUT2D eigenvalue weighted by Gasteiger charge is 2.19. The van der Waals surface area contributed by atoms with Gasteiger partial charge in [0.05, 0.1) is 6.04 Å². The molecule has 2 aromatic carbocycles. The van der Waals surface area contributed by atoms with Crippen LogP contribution in [0, 0.1) is 0 Å². The average Bonchev–Trinajstić information content (AvgIpc) is 2.74. The fourth-order valence-electron chi connectivity index (χ4n) is 3.43. The monoisotopic (exact) mass is 358 g/mol. The molecule has 3 aromatic rings. The zero-order valence-electron chi connectivity index (χ0n) is 15.3. The molecule has 27 heavy (non-hydrogen) atoms. The van der Waals surface area contributed by atoms with Crippen LogP contribution in [0.25, 0.3) is 0 Å². The highest BCUT2D eigenvalue weighted by Crippen LogP contribution is 2.23. The van der Waals surface area contributed by atoms with E-state index in [-0.39, 0.29) is 11.9 Å². The van der Waals surface area contributed by atoms with Crippen molar-refractivity contribution in [2.24, 2.45) is 0 Å². The van der Waals surface area contributed by atoms with E-state index in [1.165, 1.54) is 17.5 Å². The summed E-state index contributed by atoms with van der Waals surface area (Å²) in [6.07, 6.45) is 2.45. The quantitative estimate of drug-likeness (QED) is 0.775. The molecular formula is C22H22N4O. The van der Waals surface area contributed by atoms with E-state index >= 15 is 0 Å². The van der Waals surface area contributed by atoms with Gasteiger partial charge in [0.1, 0.15) is 17.8 Å². The number of rotatable bonds is 4. The Kier molecular flexibility index (Phi) is 4.83. The third-order valence-corrected chi connectivity index (χ3v) is 4.99. The lowest BCUT2D eigenvalue weighted by atomic mass is 10.00. The molecule has 0 aliphatic carbocycles. The SMILES string of the molecule is CC(NC(=O)c1cc(N2CCc3ccccc3C2)ncn1)c1ccccc1. The molecule has 1 amide bonds. The van der Waals surface area contributed by atoms with Gasteiger partial charge in [-0.2, -0.15) is 0 Å². The summed E-state index contributed by atoms with van der Waals surface area (Å²) < 4.78 is 0. The van der Waals surface area contributed by atoms with E-state index in [0.29, 0.717) is 5.69 Å². The minimum atomic E-state index is -0.188. The Balaban J connectivity index is 1.49. The second-order valence-corrected chi connectivity index (χ2v) is 6.81. The van der Waals surface area contributed by atoms with Gasteiger partial charge in [0.2, 0.25) is 0 Å². The summed E-state index contributed by atoms with van der Waals surface area (Å²) in [5.41, 5.74) is 4.15. The van der Waals surface area contributed by atoms with E-state index < -0.39 is 0 Å². The summed E-state index contributed by atoms with van der Waals surface area (Å²) in [5, 5.41) is 3.01. The third-order valence-electron chi connectivity index (χ3n) is 4.99. The maximum atomic E-state index is 12.6. The molecule has 0 fully saturated rings. The number of carbonyl (C=O) groups excluding carboxylic acids is 1. The van der Waals surface area contributed by atoms with Gasteiger partial charge < -0.3 is 10.2 Å². The van der Waals surface area contributed by atoms with Crippen LogP contribution in [0.4, 0.5) is 5.82 Å². The normalized spacial score (nSPS) is 14.3. The van der Waals surface area contributed by atoms with Crippen molar-refractivity contribution in [3.8, 4) is 0 Å². The number of benzene rings is 2. The van der Waals surface area contributed by atoms with Gasteiger partial charge in [-0.15, -0.1) is 0 Å². The molecule has 1 aliphatic heterocycles. The van der Waals surface area contributed by atoms with E-state index in [4.69, 9.17) is 0 Å². The van der Waals surface area contributed by atoms with Gasteiger partial charge in [0, 0.05) is 19.2 Å². The van der Waals surface area contributed by atoms with Crippen LogP contribution in [0.1, 0.15) is 40.1 Å². The van der Waals surface area contributed by atoms with Gasteiger partial charge in [0.25, 0.3) is 5.91 Å². The van der Waals surface area contributed by atoms with Crippen molar-refractivity contribution in [2.75, 3.05) is 11.4 Å². The van der Waals surface area contributed by atoms with Gasteiger partial charge >= 0.3 is 0 Å². The van der Waals surface area contributed by atoms with Gasteiger partial charge in [0.15, 0.2) is 0 Å². The maximum absolute atomic E-state index is 12.6. The number of hydrogen-bond acceptors (Lipinski definition) is 4. The molecule has 0 saturated heterocycles. The molecule has 1 unspecified atom stereocenters. The molecular weight excluding hydrogens is 336 g/mol. The Labute approximate surface area is 159 Å². The van der Waals surface area contributed by atoms with E-state index in [1.807, 2.05) is 37.3 Å². The Hall–Kier alpha value is -3.21. The molecule has 5 nitrogen and oxygen atoms in total. The summed E-state index contributed by atoms with van der Waals surface area (Å²) in [5.74, 6) is 0.601. The number of hydrogen-bond donors (Lipinski definition) is 1. The van der Waals surface area contributed by atoms with Crippen LogP contribution >= 0.6 is 0 Å². The molecule has 0 spiro atoms. The fourth-order valence-corrected chi connectivity index (χ4v) is 3.43. The van der Waals surface area contributed by atoms with E-state index in [0.717, 1.165) is 30.9 Å². The lowest BCUT2D eigenvalue weighted by Gasteiger charge is -2.29. The van der Waals surface area contributed by atoms with Gasteiger partial charge in [-0.1, -0.05) is 54.6 Å². The third kappa shape index (κ3) is 3.82. The Morgan fingerprint density at radius 3 is 2.59 bits per heavy atom. The Bertz CT molecular complexity index is 942. The molecule has 1 aliphatic rings. The molecule has 5 heteroatoms. The number of anilines is 1. The summed E-state index contributed by atoms with van der Waals surface area (Å²) in [4.78, 5) is 23.4. The Morgan fingerprint density at radius 1 is 1.04 bits per heavy atom. The standard InChI is InChI=1S/C22H22N4O/c1-16(17-7-3-2-4-8-17)25-22(27)20-13-21(24-15-23-20)26-12-11-18-9-5-6-10-19(18)14-26/h2-10,13,15-16H,11-12,14H2,1H3,(H,25,27). The van der Waals surface area contributed by atoms with Crippen LogP contribution in [0.3, 0.4) is 0 Å². The summed E-state index contributed by atoms with van der Waals surface area (Å²) in [6.45, 7) is 3.65. The number of amides is 1. The largest absolute Gasteiger partial charge is 0.352 e. The number of aromatic nitrogens is 2. The van der Waals surface area contributed by atoms with Crippen molar-refractivity contribution in [2.45, 2.75) is 25.9 Å². The van der Waals surface area contributed by atoms with Crippen LogP contribution < -0.4 is 10.2 Å². The second-order valence-electron chi connectivity index (χ2n) is 6.81. The molecule has 1 aromatic heterocycles. The average molecular weight is 358 g/mol. The molecule has 136 valence electrons. The van der Waals surface area contributed by atoms with Crippen LogP contribution in [0.2, 0.25) is 0 Å². The van der Waals surface area contributed by atoms with Crippen LogP contribution in [-0.2, 0) is 13.0 Å². The molecule has 0 radical (unpaired) electrons. The van der Waals surface area contributed by atoms with Crippen molar-refractivity contribution in [3.63, 3.8) is 0 Å². The molecule has 0 saturated carbocycles. The summed E-state index contributed by atoms with van der Waals surface area (Å²) >= 11 is 0. The van der Waals surface area contributed by atoms with Crippen molar-refractivity contribution in [1.82, 2.24) is 15.3 Å². The van der Waals surface area contributed by atoms with E-state index in [2.05, 4.69) is 44.5 Å². The number of carbonyl (C=O) groups is 1. The van der Waals surface area contributed by atoms with Crippen LogP contribution in [0.5, 0.6) is 0 Å². The number of nitrogens with one attached hydrogen (secondary N) is 1. The first-order valence-electron chi connectivity index (χ1n) is 9.20. The minimum Gasteiger partial charge on any atom is -0.352 e. The first-order chi connectivity index (χ1) is 13.2. The molecule has 4 rings (SSSR count). The minimum absolute atomic E-state index is 0.0843. The predicted octanol–water partition coefficient (Wildman–Crippen LogP) is 3.53. The number of fused-ring (bicyclic) bond motifs is 1. The van der Waals surface area contributed by atoms with Gasteiger partial charge in [-0.3, -0.25) is 4.79 Å². The topological polar surface area (TPSA) is 58.1 Å². The molecule has 2 heterocycles. The van der Waals surface area contributed by atoms with Crippen molar-refractivity contribution < 1.29 is 4.79 Å². The zero-order valence-corrected chi connectivity index (χ0v) is 15.3. The zero-order chi connectivity index (χ0) is 18.6. The Morgan fingerprint density at radius 2 is 1.78 bits per heavy atom. The van der Waals surface area contributed by atoms with Crippen LogP contribution in [-0.4, -0.2) is 22.4 Å². The summed E-state index contributed by atoms with van der Waals surface area (Å²) in [6, 6.07) is 20.1. The van der Waals surface area contributed by atoms with Gasteiger partial charge in [-0.05, 0) is 30.0 Å². The first kappa shape index (κ1) is 17.2. The van der Waals surface area contributed by atoms with E-state index in [9.17, 15) is 4.79 Å². The fraction of sp³-hybridized carbons (Fsp3) is 0.227. The molecule has 1 N–H and O–H groups in total. The highest BCUT2D eigenvalue weighted by molar-refractivity contribution is 5.93.